The van der Waals surface area contributed by atoms with Gasteiger partial charge in [0.15, 0.2) is 0 Å². The highest BCUT2D eigenvalue weighted by Crippen LogP contribution is 2.48. The summed E-state index contributed by atoms with van der Waals surface area (Å²) >= 11 is 0. The zero-order chi connectivity index (χ0) is 19.8. The summed E-state index contributed by atoms with van der Waals surface area (Å²) in [6, 6.07) is 0. The normalized spacial score (nSPS) is 15.8. The van der Waals surface area contributed by atoms with Crippen molar-refractivity contribution in [3.05, 3.63) is 0 Å². The molecule has 0 unspecified atom stereocenters. The van der Waals surface area contributed by atoms with Crippen molar-refractivity contribution in [3.63, 3.8) is 0 Å². The van der Waals surface area contributed by atoms with E-state index in [9.17, 15) is 61.5 Å². The van der Waals surface area contributed by atoms with E-state index in [1.165, 1.54) is 0 Å². The Kier molecular flexibility index (Phi) is 6.13. The molecule has 24 heavy (non-hydrogen) atoms. The summed E-state index contributed by atoms with van der Waals surface area (Å²) in [4.78, 5) is 0. The number of hydrogen-bond donors (Lipinski definition) is 0. The third kappa shape index (κ3) is 5.26. The lowest BCUT2D eigenvalue weighted by atomic mass is 9.97. The van der Waals surface area contributed by atoms with Crippen LogP contribution in [0.3, 0.4) is 0 Å². The molecule has 0 aromatic carbocycles. The minimum Gasteiger partial charge on any atom is -0.200 e. The molecule has 0 aliphatic rings. The standard InChI is InChI=1S/C10H8F14/c11-5(12,1-3-7(15,16)9(19,20)21)6(13,14)2-4-8(17,18)10(22,23)24/h1-4H2. The fraction of sp³-hybridized carbons (Fsp3) is 1.00. The Hall–Kier alpha value is -0.980. The summed E-state index contributed by atoms with van der Waals surface area (Å²) in [6.45, 7) is 0. The Balaban J connectivity index is 5.01. The van der Waals surface area contributed by atoms with E-state index in [0.717, 1.165) is 0 Å². The van der Waals surface area contributed by atoms with Crippen LogP contribution in [0.15, 0.2) is 0 Å². The van der Waals surface area contributed by atoms with Gasteiger partial charge in [0.25, 0.3) is 0 Å². The third-order valence-electron chi connectivity index (χ3n) is 2.87. The van der Waals surface area contributed by atoms with Gasteiger partial charge in [0.1, 0.15) is 0 Å². The van der Waals surface area contributed by atoms with Crippen molar-refractivity contribution in [1.82, 2.24) is 0 Å². The molecule has 0 N–H and O–H groups in total. The predicted octanol–water partition coefficient (Wildman–Crippen LogP) is 6.21. The van der Waals surface area contributed by atoms with Gasteiger partial charge in [-0.15, -0.1) is 0 Å². The molecule has 0 radical (unpaired) electrons. The van der Waals surface area contributed by atoms with Gasteiger partial charge in [-0.05, 0) is 0 Å². The second kappa shape index (κ2) is 6.39. The Labute approximate surface area is 124 Å². The van der Waals surface area contributed by atoms with Crippen molar-refractivity contribution in [2.24, 2.45) is 0 Å². The lowest BCUT2D eigenvalue weighted by Gasteiger charge is -2.30. The summed E-state index contributed by atoms with van der Waals surface area (Å²) in [5, 5.41) is 0. The van der Waals surface area contributed by atoms with E-state index in [1.807, 2.05) is 0 Å². The third-order valence-corrected chi connectivity index (χ3v) is 2.87. The van der Waals surface area contributed by atoms with E-state index in [1.54, 1.807) is 0 Å². The first-order valence-electron chi connectivity index (χ1n) is 5.81. The predicted molar refractivity (Wildman–Crippen MR) is 50.4 cm³/mol. The van der Waals surface area contributed by atoms with Gasteiger partial charge in [0.2, 0.25) is 0 Å². The Morgan fingerprint density at radius 2 is 0.458 bits per heavy atom. The van der Waals surface area contributed by atoms with Crippen molar-refractivity contribution >= 4 is 0 Å². The van der Waals surface area contributed by atoms with E-state index >= 15 is 0 Å². The fourth-order valence-electron chi connectivity index (χ4n) is 1.28. The summed E-state index contributed by atoms with van der Waals surface area (Å²) in [5.41, 5.74) is 0. The molecule has 0 aliphatic carbocycles. The molecule has 0 bridgehead atoms. The van der Waals surface area contributed by atoms with Gasteiger partial charge >= 0.3 is 36.0 Å². The minimum atomic E-state index is -6.32. The molecule has 0 spiro atoms. The molecule has 0 nitrogen and oxygen atoms in total. The van der Waals surface area contributed by atoms with Crippen LogP contribution in [0.25, 0.3) is 0 Å². The van der Waals surface area contributed by atoms with Gasteiger partial charge in [0.05, 0.1) is 0 Å². The van der Waals surface area contributed by atoms with Crippen LogP contribution in [0.4, 0.5) is 61.5 Å². The molecule has 0 amide bonds. The highest BCUT2D eigenvalue weighted by Gasteiger charge is 2.64. The monoisotopic (exact) mass is 394 g/mol. The number of halogens is 14. The number of hydrogen-bond acceptors (Lipinski definition) is 0. The maximum Gasteiger partial charge on any atom is 0.453 e. The zero-order valence-corrected chi connectivity index (χ0v) is 11.1. The second-order valence-corrected chi connectivity index (χ2v) is 4.81. The lowest BCUT2D eigenvalue weighted by Crippen LogP contribution is -2.46. The molecule has 0 aromatic rings. The molecule has 0 fully saturated rings. The molecule has 14 heteroatoms. The maximum atomic E-state index is 13.0. The highest BCUT2D eigenvalue weighted by molar-refractivity contribution is 4.90. The number of rotatable bonds is 7. The van der Waals surface area contributed by atoms with E-state index in [-0.39, 0.29) is 0 Å². The molecule has 0 aromatic heterocycles. The average molecular weight is 394 g/mol. The summed E-state index contributed by atoms with van der Waals surface area (Å²) < 4.78 is 172. The summed E-state index contributed by atoms with van der Waals surface area (Å²) in [7, 11) is 0. The fourth-order valence-corrected chi connectivity index (χ4v) is 1.28. The molecule has 146 valence electrons. The topological polar surface area (TPSA) is 0 Å². The van der Waals surface area contributed by atoms with Crippen LogP contribution >= 0.6 is 0 Å². The van der Waals surface area contributed by atoms with Crippen LogP contribution in [-0.2, 0) is 0 Å². The van der Waals surface area contributed by atoms with Crippen LogP contribution in [0, 0.1) is 0 Å². The molecule has 0 rings (SSSR count). The van der Waals surface area contributed by atoms with Crippen LogP contribution in [-0.4, -0.2) is 36.0 Å². The first kappa shape index (κ1) is 23.0. The smallest absolute Gasteiger partial charge is 0.200 e. The summed E-state index contributed by atoms with van der Waals surface area (Å²) in [5.74, 6) is -22.8. The SMILES string of the molecule is FC(F)(F)C(F)(F)CCC(F)(F)C(F)(F)CCC(F)(F)C(F)(F)F. The molecule has 0 saturated carbocycles. The lowest BCUT2D eigenvalue weighted by molar-refractivity contribution is -0.301. The molecule has 0 aliphatic heterocycles. The van der Waals surface area contributed by atoms with Crippen molar-refractivity contribution in [2.45, 2.75) is 61.7 Å². The van der Waals surface area contributed by atoms with E-state index in [2.05, 4.69) is 0 Å². The van der Waals surface area contributed by atoms with Crippen molar-refractivity contribution in [2.75, 3.05) is 0 Å². The highest BCUT2D eigenvalue weighted by atomic mass is 19.4. The molecule has 0 heterocycles. The van der Waals surface area contributed by atoms with Gasteiger partial charge in [-0.1, -0.05) is 0 Å². The second-order valence-electron chi connectivity index (χ2n) is 4.81. The molecular formula is C10H8F14. The van der Waals surface area contributed by atoms with Crippen molar-refractivity contribution < 1.29 is 61.5 Å². The average Bonchev–Trinajstić information content (AvgIpc) is 2.31. The number of alkyl halides is 14. The largest absolute Gasteiger partial charge is 0.453 e. The molecule has 0 saturated heterocycles. The first-order chi connectivity index (χ1) is 10.2. The zero-order valence-electron chi connectivity index (χ0n) is 11.1. The van der Waals surface area contributed by atoms with Gasteiger partial charge < -0.3 is 0 Å². The van der Waals surface area contributed by atoms with Crippen LogP contribution < -0.4 is 0 Å². The van der Waals surface area contributed by atoms with E-state index < -0.39 is 61.7 Å². The first-order valence-corrected chi connectivity index (χ1v) is 5.81. The van der Waals surface area contributed by atoms with Gasteiger partial charge in [-0.25, -0.2) is 0 Å². The minimum absolute atomic E-state index is 2.77. The quantitative estimate of drug-likeness (QED) is 0.451. The Morgan fingerprint density at radius 1 is 0.292 bits per heavy atom. The summed E-state index contributed by atoms with van der Waals surface area (Å²) in [6.07, 6.45) is -23.8. The maximum absolute atomic E-state index is 13.0. The van der Waals surface area contributed by atoms with E-state index in [0.29, 0.717) is 0 Å². The molecule has 0 atom stereocenters. The Morgan fingerprint density at radius 3 is 0.625 bits per heavy atom. The van der Waals surface area contributed by atoms with Crippen LogP contribution in [0.5, 0.6) is 0 Å². The van der Waals surface area contributed by atoms with E-state index in [4.69, 9.17) is 0 Å². The van der Waals surface area contributed by atoms with Crippen molar-refractivity contribution in [1.29, 1.82) is 0 Å². The Bertz CT molecular complexity index is 374. The van der Waals surface area contributed by atoms with Gasteiger partial charge in [-0.3, -0.25) is 0 Å². The van der Waals surface area contributed by atoms with Crippen LogP contribution in [0.1, 0.15) is 25.7 Å². The van der Waals surface area contributed by atoms with Crippen molar-refractivity contribution in [3.8, 4) is 0 Å². The van der Waals surface area contributed by atoms with Gasteiger partial charge in [0, 0.05) is 25.7 Å². The van der Waals surface area contributed by atoms with Gasteiger partial charge in [-0.2, -0.15) is 61.5 Å². The molecular weight excluding hydrogens is 386 g/mol. The van der Waals surface area contributed by atoms with Crippen LogP contribution in [0.2, 0.25) is 0 Å².